The van der Waals surface area contributed by atoms with Crippen LogP contribution >= 0.6 is 11.6 Å². The van der Waals surface area contributed by atoms with Crippen LogP contribution in [0.2, 0.25) is 5.15 Å². The first-order chi connectivity index (χ1) is 18.1. The maximum Gasteiger partial charge on any atom is 0.281 e. The molecule has 0 bridgehead atoms. The van der Waals surface area contributed by atoms with Gasteiger partial charge in [0.15, 0.2) is 10.5 Å². The monoisotopic (exact) mass is 549 g/mol. The molecule has 1 aromatic carbocycles. The summed E-state index contributed by atoms with van der Waals surface area (Å²) >= 11 is 6.19. The fourth-order valence-corrected chi connectivity index (χ4v) is 5.01. The van der Waals surface area contributed by atoms with E-state index in [9.17, 15) is 22.4 Å². The molecule has 12 heteroatoms. The molecule has 5 aromatic rings. The van der Waals surface area contributed by atoms with Gasteiger partial charge in [0.1, 0.15) is 22.3 Å². The summed E-state index contributed by atoms with van der Waals surface area (Å²) in [7, 11) is -4.43. The quantitative estimate of drug-likeness (QED) is 0.313. The highest BCUT2D eigenvalue weighted by molar-refractivity contribution is 7.90. The number of rotatable bonds is 5. The van der Waals surface area contributed by atoms with Gasteiger partial charge in [-0.25, -0.2) is 24.1 Å². The molecule has 9 nitrogen and oxygen atoms in total. The van der Waals surface area contributed by atoms with Gasteiger partial charge in [-0.15, -0.1) is 0 Å². The van der Waals surface area contributed by atoms with Crippen LogP contribution in [0.5, 0.6) is 0 Å². The van der Waals surface area contributed by atoms with E-state index in [2.05, 4.69) is 19.9 Å². The number of nitrogens with zero attached hydrogens (tertiary/aromatic N) is 3. The lowest BCUT2D eigenvalue weighted by Crippen LogP contribution is -2.32. The van der Waals surface area contributed by atoms with Crippen molar-refractivity contribution in [2.24, 2.45) is 0 Å². The standard InChI is InChI=1S/C26H17ClFN5O4S/c1-14-9-16(10-22(27)30-14)18-11-19-21(34)12-20(31-25(19)32-24(18)15-5-3-2-4-6-15)26(35)33-38(36,37)23-8-7-17(28)13-29-23/h2-13H,1H3,(H,33,35)(H,31,32,34). The van der Waals surface area contributed by atoms with Gasteiger partial charge >= 0.3 is 0 Å². The molecule has 190 valence electrons. The van der Waals surface area contributed by atoms with E-state index in [1.54, 1.807) is 19.1 Å². The summed E-state index contributed by atoms with van der Waals surface area (Å²) in [6.07, 6.45) is 0.709. The predicted octanol–water partition coefficient (Wildman–Crippen LogP) is 4.27. The molecule has 0 radical (unpaired) electrons. The number of halogens is 2. The first-order valence-electron chi connectivity index (χ1n) is 11.1. The van der Waals surface area contributed by atoms with Crippen molar-refractivity contribution in [2.75, 3.05) is 0 Å². The van der Waals surface area contributed by atoms with Gasteiger partial charge in [0.2, 0.25) is 0 Å². The second-order valence-corrected chi connectivity index (χ2v) is 10.3. The summed E-state index contributed by atoms with van der Waals surface area (Å²) in [5, 5.41) is -0.113. The molecule has 1 amide bonds. The highest BCUT2D eigenvalue weighted by Gasteiger charge is 2.22. The Bertz CT molecular complexity index is 1860. The van der Waals surface area contributed by atoms with Crippen molar-refractivity contribution >= 4 is 38.6 Å². The summed E-state index contributed by atoms with van der Waals surface area (Å²) in [5.74, 6) is -1.85. The lowest BCUT2D eigenvalue weighted by Gasteiger charge is -2.13. The number of carbonyl (C=O) groups is 1. The largest absolute Gasteiger partial charge is 0.335 e. The minimum Gasteiger partial charge on any atom is -0.335 e. The number of pyridine rings is 4. The van der Waals surface area contributed by atoms with Crippen LogP contribution in [0.4, 0.5) is 4.39 Å². The van der Waals surface area contributed by atoms with E-state index in [-0.39, 0.29) is 21.9 Å². The lowest BCUT2D eigenvalue weighted by atomic mass is 9.98. The Kier molecular flexibility index (Phi) is 6.47. The zero-order valence-electron chi connectivity index (χ0n) is 19.6. The second-order valence-electron chi connectivity index (χ2n) is 8.26. The van der Waals surface area contributed by atoms with Crippen LogP contribution in [0.15, 0.2) is 82.7 Å². The Labute approximate surface area is 220 Å². The number of fused-ring (bicyclic) bond motifs is 1. The van der Waals surface area contributed by atoms with Crippen LogP contribution in [0, 0.1) is 12.7 Å². The van der Waals surface area contributed by atoms with Crippen molar-refractivity contribution in [2.45, 2.75) is 11.9 Å². The van der Waals surface area contributed by atoms with Gasteiger partial charge < -0.3 is 4.98 Å². The molecule has 4 heterocycles. The molecule has 4 aromatic heterocycles. The summed E-state index contributed by atoms with van der Waals surface area (Å²) in [5.41, 5.74) is 2.37. The fourth-order valence-electron chi connectivity index (χ4n) is 3.86. The van der Waals surface area contributed by atoms with Crippen LogP contribution in [0.25, 0.3) is 33.4 Å². The number of hydrogen-bond acceptors (Lipinski definition) is 7. The fraction of sp³-hybridized carbons (Fsp3) is 0.0385. The molecule has 38 heavy (non-hydrogen) atoms. The molecule has 0 unspecified atom stereocenters. The van der Waals surface area contributed by atoms with Gasteiger partial charge in [-0.2, -0.15) is 8.42 Å². The average Bonchev–Trinajstić information content (AvgIpc) is 2.88. The number of amides is 1. The Hall–Kier alpha value is -4.48. The van der Waals surface area contributed by atoms with Gasteiger partial charge in [0.05, 0.1) is 17.3 Å². The van der Waals surface area contributed by atoms with Crippen LogP contribution in [0.3, 0.4) is 0 Å². The maximum absolute atomic E-state index is 13.1. The van der Waals surface area contributed by atoms with Gasteiger partial charge in [0, 0.05) is 22.9 Å². The first-order valence-corrected chi connectivity index (χ1v) is 12.9. The highest BCUT2D eigenvalue weighted by atomic mass is 35.5. The molecule has 0 aliphatic rings. The van der Waals surface area contributed by atoms with Gasteiger partial charge in [-0.3, -0.25) is 9.59 Å². The zero-order chi connectivity index (χ0) is 27.0. The van der Waals surface area contributed by atoms with Gasteiger partial charge in [0.25, 0.3) is 15.9 Å². The Morgan fingerprint density at radius 2 is 1.76 bits per heavy atom. The van der Waals surface area contributed by atoms with Crippen molar-refractivity contribution in [3.05, 3.63) is 106 Å². The minimum absolute atomic E-state index is 0.0689. The summed E-state index contributed by atoms with van der Waals surface area (Å²) in [6, 6.07) is 17.1. The number of aromatic nitrogens is 4. The van der Waals surface area contributed by atoms with Gasteiger partial charge in [-0.1, -0.05) is 41.9 Å². The predicted molar refractivity (Wildman–Crippen MR) is 140 cm³/mol. The van der Waals surface area contributed by atoms with Crippen molar-refractivity contribution in [1.29, 1.82) is 0 Å². The van der Waals surface area contributed by atoms with Crippen molar-refractivity contribution in [3.63, 3.8) is 0 Å². The third-order valence-electron chi connectivity index (χ3n) is 5.54. The van der Waals surface area contributed by atoms with Crippen molar-refractivity contribution in [1.82, 2.24) is 24.7 Å². The van der Waals surface area contributed by atoms with Crippen LogP contribution in [-0.2, 0) is 10.0 Å². The summed E-state index contributed by atoms with van der Waals surface area (Å²) in [6.45, 7) is 1.79. The van der Waals surface area contributed by atoms with Crippen LogP contribution in [0.1, 0.15) is 16.2 Å². The van der Waals surface area contributed by atoms with E-state index in [0.717, 1.165) is 23.8 Å². The third-order valence-corrected chi connectivity index (χ3v) is 6.98. The van der Waals surface area contributed by atoms with E-state index in [1.807, 2.05) is 41.1 Å². The van der Waals surface area contributed by atoms with E-state index >= 15 is 0 Å². The molecule has 0 aliphatic carbocycles. The van der Waals surface area contributed by atoms with Crippen molar-refractivity contribution in [3.8, 4) is 22.4 Å². The van der Waals surface area contributed by atoms with E-state index in [0.29, 0.717) is 28.7 Å². The van der Waals surface area contributed by atoms with E-state index in [4.69, 9.17) is 11.6 Å². The number of nitrogens with one attached hydrogen (secondary N) is 2. The molecule has 0 saturated heterocycles. The summed E-state index contributed by atoms with van der Waals surface area (Å²) in [4.78, 5) is 40.9. The number of aryl methyl sites for hydroxylation is 1. The number of hydrogen-bond donors (Lipinski definition) is 2. The topological polar surface area (TPSA) is 135 Å². The SMILES string of the molecule is Cc1cc(-c2cc3c(=O)cc(C(=O)NS(=O)(=O)c4ccc(F)cn4)[nH]c3nc2-c2ccccc2)cc(Cl)n1. The number of H-pyrrole nitrogens is 1. The van der Waals surface area contributed by atoms with Crippen LogP contribution in [-0.4, -0.2) is 34.3 Å². The molecule has 0 saturated carbocycles. The average molecular weight is 550 g/mol. The lowest BCUT2D eigenvalue weighted by molar-refractivity contribution is 0.0976. The molecule has 2 N–H and O–H groups in total. The maximum atomic E-state index is 13.1. The number of benzene rings is 1. The number of sulfonamides is 1. The Balaban J connectivity index is 1.63. The Morgan fingerprint density at radius 1 is 1.00 bits per heavy atom. The van der Waals surface area contributed by atoms with E-state index in [1.165, 1.54) is 0 Å². The second kappa shape index (κ2) is 9.77. The highest BCUT2D eigenvalue weighted by Crippen LogP contribution is 2.33. The molecular formula is C26H17ClFN5O4S. The molecule has 0 spiro atoms. The minimum atomic E-state index is -4.43. The third kappa shape index (κ3) is 5.01. The number of carbonyl (C=O) groups excluding carboxylic acids is 1. The van der Waals surface area contributed by atoms with Crippen LogP contribution < -0.4 is 10.2 Å². The van der Waals surface area contributed by atoms with Gasteiger partial charge in [-0.05, 0) is 42.8 Å². The normalized spacial score (nSPS) is 11.4. The van der Waals surface area contributed by atoms with Crippen molar-refractivity contribution < 1.29 is 17.6 Å². The molecule has 0 atom stereocenters. The molecule has 0 aliphatic heterocycles. The zero-order valence-corrected chi connectivity index (χ0v) is 21.1. The van der Waals surface area contributed by atoms with E-state index < -0.39 is 32.2 Å². The molecular weight excluding hydrogens is 533 g/mol. The molecule has 5 rings (SSSR count). The molecule has 0 fully saturated rings. The smallest absolute Gasteiger partial charge is 0.281 e. The summed E-state index contributed by atoms with van der Waals surface area (Å²) < 4.78 is 40.0. The first kappa shape index (κ1) is 25.2. The Morgan fingerprint density at radius 3 is 2.45 bits per heavy atom. The number of aromatic amines is 1.